The van der Waals surface area contributed by atoms with E-state index in [0.717, 1.165) is 62.6 Å². The van der Waals surface area contributed by atoms with Crippen LogP contribution < -0.4 is 0 Å². The normalized spacial score (nSPS) is 29.1. The number of rotatable bonds is 3. The van der Waals surface area contributed by atoms with Crippen LogP contribution in [0.1, 0.15) is 35.6 Å². The molecule has 148 valence electrons. The number of ether oxygens (including phenoxy) is 1. The maximum atomic E-state index is 10.1. The highest BCUT2D eigenvalue weighted by Crippen LogP contribution is 2.56. The van der Waals surface area contributed by atoms with Crippen molar-refractivity contribution in [3.63, 3.8) is 0 Å². The molecule has 2 fully saturated rings. The number of hydrogen-bond donors (Lipinski definition) is 1. The van der Waals surface area contributed by atoms with E-state index >= 15 is 0 Å². The predicted molar refractivity (Wildman–Crippen MR) is 109 cm³/mol. The second-order valence-corrected chi connectivity index (χ2v) is 8.92. The van der Waals surface area contributed by atoms with Crippen molar-refractivity contribution in [2.24, 2.45) is 17.3 Å². The van der Waals surface area contributed by atoms with E-state index in [0.29, 0.717) is 0 Å². The molecule has 2 aliphatic carbocycles. The van der Waals surface area contributed by atoms with Crippen LogP contribution in [0.25, 0.3) is 0 Å². The number of nitriles is 3. The number of nitrogens with zero attached hydrogens (tertiary/aromatic N) is 4. The number of morpholine rings is 1. The molecule has 1 aliphatic heterocycles. The highest BCUT2D eigenvalue weighted by molar-refractivity contribution is 7.10. The maximum Gasteiger partial charge on any atom is 0.190 e. The molecular weight excluding hydrogens is 382 g/mol. The average Bonchev–Trinajstić information content (AvgIpc) is 3.21. The summed E-state index contributed by atoms with van der Waals surface area (Å²) in [5, 5.41) is 40.6. The molecule has 0 amide bonds. The van der Waals surface area contributed by atoms with Gasteiger partial charge in [-0.3, -0.25) is 4.90 Å². The minimum atomic E-state index is -1.58. The van der Waals surface area contributed by atoms with E-state index in [4.69, 9.17) is 10.1 Å². The molecule has 3 atom stereocenters. The number of thiophene rings is 1. The summed E-state index contributed by atoms with van der Waals surface area (Å²) in [7, 11) is 0. The molecular formula is C22H23N5OS. The molecule has 7 heteroatoms. The molecule has 2 heterocycles. The van der Waals surface area contributed by atoms with Crippen LogP contribution >= 0.6 is 11.3 Å². The van der Waals surface area contributed by atoms with Gasteiger partial charge in [0.05, 0.1) is 37.1 Å². The second-order valence-electron chi connectivity index (χ2n) is 7.97. The van der Waals surface area contributed by atoms with Crippen LogP contribution in [0.2, 0.25) is 0 Å². The molecule has 1 saturated carbocycles. The monoisotopic (exact) mass is 405 g/mol. The van der Waals surface area contributed by atoms with Gasteiger partial charge in [0.1, 0.15) is 5.92 Å². The fraction of sp³-hybridized carbons (Fsp3) is 0.545. The highest BCUT2D eigenvalue weighted by Gasteiger charge is 2.57. The smallest absolute Gasteiger partial charge is 0.190 e. The van der Waals surface area contributed by atoms with Crippen molar-refractivity contribution >= 4 is 17.0 Å². The van der Waals surface area contributed by atoms with Crippen LogP contribution in [0.5, 0.6) is 0 Å². The lowest BCUT2D eigenvalue weighted by atomic mass is 9.54. The van der Waals surface area contributed by atoms with E-state index < -0.39 is 11.3 Å². The van der Waals surface area contributed by atoms with Crippen molar-refractivity contribution in [2.75, 3.05) is 26.3 Å². The highest BCUT2D eigenvalue weighted by atomic mass is 32.1. The first-order valence-electron chi connectivity index (χ1n) is 10.0. The van der Waals surface area contributed by atoms with E-state index in [9.17, 15) is 15.8 Å². The lowest BCUT2D eigenvalue weighted by Gasteiger charge is -2.45. The molecule has 1 aromatic rings. The van der Waals surface area contributed by atoms with Crippen molar-refractivity contribution in [3.05, 3.63) is 33.5 Å². The van der Waals surface area contributed by atoms with Crippen LogP contribution in [0.4, 0.5) is 0 Å². The van der Waals surface area contributed by atoms with Gasteiger partial charge in [-0.25, -0.2) is 0 Å². The Labute approximate surface area is 175 Å². The SMILES string of the molecule is N#C[C@@H]1C(=N)C(C#N)(C#N)[C@@H](c2cc(CN3CCOCC3)cs2)[C@H]2CCCC=C12. The summed E-state index contributed by atoms with van der Waals surface area (Å²) in [4.78, 5) is 3.33. The lowest BCUT2D eigenvalue weighted by Crippen LogP contribution is -2.48. The molecule has 29 heavy (non-hydrogen) atoms. The van der Waals surface area contributed by atoms with Crippen LogP contribution in [0, 0.1) is 56.7 Å². The fourth-order valence-corrected chi connectivity index (χ4v) is 6.11. The van der Waals surface area contributed by atoms with E-state index in [1.54, 1.807) is 11.3 Å². The van der Waals surface area contributed by atoms with Crippen LogP contribution in [0.15, 0.2) is 23.1 Å². The Hall–Kier alpha value is -2.50. The Morgan fingerprint density at radius 2 is 2.00 bits per heavy atom. The van der Waals surface area contributed by atoms with Crippen LogP contribution in [-0.4, -0.2) is 36.9 Å². The third-order valence-corrected chi connectivity index (χ3v) is 7.48. The first-order chi connectivity index (χ1) is 14.1. The zero-order valence-corrected chi connectivity index (χ0v) is 17.0. The Bertz CT molecular complexity index is 939. The third-order valence-electron chi connectivity index (χ3n) is 6.42. The van der Waals surface area contributed by atoms with Gasteiger partial charge >= 0.3 is 0 Å². The summed E-state index contributed by atoms with van der Waals surface area (Å²) in [6, 6.07) is 8.65. The average molecular weight is 406 g/mol. The van der Waals surface area contributed by atoms with E-state index in [-0.39, 0.29) is 17.5 Å². The zero-order valence-electron chi connectivity index (χ0n) is 16.2. The van der Waals surface area contributed by atoms with Gasteiger partial charge < -0.3 is 10.1 Å². The van der Waals surface area contributed by atoms with Crippen molar-refractivity contribution in [3.8, 4) is 18.2 Å². The van der Waals surface area contributed by atoms with E-state index in [2.05, 4.69) is 40.6 Å². The summed E-state index contributed by atoms with van der Waals surface area (Å²) in [6.07, 6.45) is 4.80. The summed E-state index contributed by atoms with van der Waals surface area (Å²) in [5.74, 6) is -1.18. The predicted octanol–water partition coefficient (Wildman–Crippen LogP) is 3.60. The van der Waals surface area contributed by atoms with E-state index in [1.165, 1.54) is 5.56 Å². The minimum absolute atomic E-state index is 0.0308. The summed E-state index contributed by atoms with van der Waals surface area (Å²) in [6.45, 7) is 4.12. The van der Waals surface area contributed by atoms with E-state index in [1.807, 2.05) is 0 Å². The summed E-state index contributed by atoms with van der Waals surface area (Å²) in [5.41, 5.74) is 0.480. The third kappa shape index (κ3) is 3.28. The van der Waals surface area contributed by atoms with Crippen molar-refractivity contribution < 1.29 is 4.74 Å². The molecule has 1 aromatic heterocycles. The van der Waals surface area contributed by atoms with Crippen LogP contribution in [-0.2, 0) is 11.3 Å². The zero-order chi connectivity index (χ0) is 20.4. The topological polar surface area (TPSA) is 108 Å². The summed E-state index contributed by atoms with van der Waals surface area (Å²) >= 11 is 1.58. The standard InChI is InChI=1S/C22H23N5OS/c23-10-18-16-3-1-2-4-17(16)20(22(13-24,14-25)21(18)26)19-9-15(12-29-19)11-27-5-7-28-8-6-27/h3,9,12,17-18,20,26H,1-2,4-8,11H2/t17-,18-,20+/m0/s1. The molecule has 0 unspecified atom stereocenters. The fourth-order valence-electron chi connectivity index (χ4n) is 4.97. The molecule has 1 saturated heterocycles. The molecule has 4 rings (SSSR count). The van der Waals surface area contributed by atoms with Crippen molar-refractivity contribution in [2.45, 2.75) is 31.7 Å². The molecule has 3 aliphatic rings. The lowest BCUT2D eigenvalue weighted by molar-refractivity contribution is 0.0342. The molecule has 0 bridgehead atoms. The van der Waals surface area contributed by atoms with Gasteiger partial charge in [-0.05, 0) is 47.8 Å². The largest absolute Gasteiger partial charge is 0.379 e. The van der Waals surface area contributed by atoms with Gasteiger partial charge in [-0.1, -0.05) is 6.08 Å². The number of fused-ring (bicyclic) bond motifs is 1. The second kappa shape index (κ2) is 8.09. The Morgan fingerprint density at radius 1 is 1.24 bits per heavy atom. The molecule has 0 radical (unpaired) electrons. The molecule has 1 N–H and O–H groups in total. The van der Waals surface area contributed by atoms with Crippen LogP contribution in [0.3, 0.4) is 0 Å². The molecule has 6 nitrogen and oxygen atoms in total. The minimum Gasteiger partial charge on any atom is -0.379 e. The number of allylic oxidation sites excluding steroid dienone is 2. The molecule has 0 spiro atoms. The van der Waals surface area contributed by atoms with Gasteiger partial charge in [0, 0.05) is 30.4 Å². The van der Waals surface area contributed by atoms with Gasteiger partial charge in [0.15, 0.2) is 5.41 Å². The first-order valence-corrected chi connectivity index (χ1v) is 10.9. The van der Waals surface area contributed by atoms with Crippen molar-refractivity contribution in [1.29, 1.82) is 21.2 Å². The van der Waals surface area contributed by atoms with Gasteiger partial charge in [-0.15, -0.1) is 11.3 Å². The Balaban J connectivity index is 1.72. The van der Waals surface area contributed by atoms with Gasteiger partial charge in [-0.2, -0.15) is 15.8 Å². The summed E-state index contributed by atoms with van der Waals surface area (Å²) < 4.78 is 5.42. The Kier molecular flexibility index (Phi) is 5.52. The van der Waals surface area contributed by atoms with Crippen molar-refractivity contribution in [1.82, 2.24) is 4.90 Å². The number of hydrogen-bond acceptors (Lipinski definition) is 7. The Morgan fingerprint density at radius 3 is 2.69 bits per heavy atom. The first kappa shape index (κ1) is 19.8. The van der Waals surface area contributed by atoms with Gasteiger partial charge in [0.25, 0.3) is 0 Å². The maximum absolute atomic E-state index is 10.1. The quantitative estimate of drug-likeness (QED) is 0.773. The number of nitrogens with one attached hydrogen (secondary N) is 1. The van der Waals surface area contributed by atoms with Gasteiger partial charge in [0.2, 0.25) is 0 Å². The molecule has 0 aromatic carbocycles.